The number of fused-ring (bicyclic) bond motifs is 3. The van der Waals surface area contributed by atoms with Crippen LogP contribution in [0, 0.1) is 19.3 Å². The second kappa shape index (κ2) is 8.20. The molecule has 3 atom stereocenters. The number of aromatic nitrogens is 5. The van der Waals surface area contributed by atoms with Crippen molar-refractivity contribution in [2.24, 2.45) is 5.41 Å². The topological polar surface area (TPSA) is 126 Å². The fourth-order valence-corrected chi connectivity index (χ4v) is 5.91. The van der Waals surface area contributed by atoms with Crippen LogP contribution in [0.4, 0.5) is 5.82 Å². The Hall–Kier alpha value is -3.60. The van der Waals surface area contributed by atoms with Crippen LogP contribution in [0.2, 0.25) is 0 Å². The first-order valence-electron chi connectivity index (χ1n) is 12.2. The number of pyridine rings is 1. The van der Waals surface area contributed by atoms with Gasteiger partial charge in [-0.05, 0) is 71.8 Å². The van der Waals surface area contributed by atoms with E-state index in [9.17, 15) is 14.4 Å². The minimum Gasteiger partial charge on any atom is -0.325 e. The third kappa shape index (κ3) is 3.92. The Morgan fingerprint density at radius 2 is 1.86 bits per heavy atom. The molecule has 190 valence electrons. The molecular formula is C26H26BrN7O3. The summed E-state index contributed by atoms with van der Waals surface area (Å²) < 4.78 is 2.29. The van der Waals surface area contributed by atoms with E-state index in [4.69, 9.17) is 0 Å². The molecule has 0 radical (unpaired) electrons. The number of Topliss-reactive ketones (excluding diaryl/α,β-unsaturated/α-hetero) is 1. The van der Waals surface area contributed by atoms with Gasteiger partial charge in [-0.15, -0.1) is 0 Å². The molecule has 2 fully saturated rings. The summed E-state index contributed by atoms with van der Waals surface area (Å²) in [6.45, 7) is 7.26. The highest BCUT2D eigenvalue weighted by Gasteiger charge is 2.64. The predicted molar refractivity (Wildman–Crippen MR) is 141 cm³/mol. The Bertz CT molecular complexity index is 1640. The predicted octanol–water partition coefficient (Wildman–Crippen LogP) is 3.91. The number of ketones is 1. The number of aromatic amines is 1. The zero-order valence-corrected chi connectivity index (χ0v) is 22.5. The van der Waals surface area contributed by atoms with Crippen LogP contribution in [-0.2, 0) is 16.1 Å². The minimum absolute atomic E-state index is 0.0108. The van der Waals surface area contributed by atoms with Crippen LogP contribution in [0.15, 0.2) is 28.9 Å². The number of aryl methyl sites for hydroxylation is 2. The molecule has 1 saturated carbocycles. The fourth-order valence-electron chi connectivity index (χ4n) is 5.60. The van der Waals surface area contributed by atoms with Gasteiger partial charge in [-0.2, -0.15) is 0 Å². The van der Waals surface area contributed by atoms with Crippen molar-refractivity contribution in [2.75, 3.05) is 5.32 Å². The van der Waals surface area contributed by atoms with Crippen LogP contribution < -0.4 is 5.32 Å². The molecule has 11 heteroatoms. The number of H-pyrrole nitrogens is 1. The van der Waals surface area contributed by atoms with Crippen LogP contribution >= 0.6 is 15.9 Å². The van der Waals surface area contributed by atoms with E-state index < -0.39 is 6.04 Å². The summed E-state index contributed by atoms with van der Waals surface area (Å²) in [4.78, 5) is 54.5. The Morgan fingerprint density at radius 1 is 1.14 bits per heavy atom. The lowest BCUT2D eigenvalue weighted by atomic mass is 10.0. The number of nitrogens with zero attached hydrogens (tertiary/aromatic N) is 5. The van der Waals surface area contributed by atoms with Crippen molar-refractivity contribution in [3.8, 4) is 0 Å². The van der Waals surface area contributed by atoms with Crippen molar-refractivity contribution in [2.45, 2.75) is 59.2 Å². The van der Waals surface area contributed by atoms with Crippen LogP contribution in [-0.4, -0.2) is 59.3 Å². The lowest BCUT2D eigenvalue weighted by Gasteiger charge is -2.27. The maximum Gasteiger partial charge on any atom is 0.248 e. The lowest BCUT2D eigenvalue weighted by molar-refractivity contribution is -0.138. The summed E-state index contributed by atoms with van der Waals surface area (Å²) in [6, 6.07) is 6.78. The number of rotatable bonds is 5. The van der Waals surface area contributed by atoms with Gasteiger partial charge in [0, 0.05) is 18.4 Å². The largest absolute Gasteiger partial charge is 0.325 e. The van der Waals surface area contributed by atoms with Crippen molar-refractivity contribution in [1.82, 2.24) is 29.6 Å². The van der Waals surface area contributed by atoms with Gasteiger partial charge in [0.05, 0.1) is 16.6 Å². The van der Waals surface area contributed by atoms with Crippen molar-refractivity contribution in [3.05, 3.63) is 46.0 Å². The lowest BCUT2D eigenvalue weighted by Crippen LogP contribution is -2.47. The number of carbonyl (C=O) groups is 3. The summed E-state index contributed by atoms with van der Waals surface area (Å²) in [5.41, 5.74) is 3.27. The quantitative estimate of drug-likeness (QED) is 0.280. The van der Waals surface area contributed by atoms with Crippen LogP contribution in [0.5, 0.6) is 0 Å². The number of benzene rings is 1. The van der Waals surface area contributed by atoms with E-state index >= 15 is 0 Å². The second-order valence-corrected chi connectivity index (χ2v) is 11.3. The zero-order chi connectivity index (χ0) is 26.2. The maximum absolute atomic E-state index is 13.7. The molecule has 0 bridgehead atoms. The van der Waals surface area contributed by atoms with E-state index in [1.54, 1.807) is 9.58 Å². The van der Waals surface area contributed by atoms with E-state index in [0.717, 1.165) is 12.0 Å². The van der Waals surface area contributed by atoms with Crippen LogP contribution in [0.1, 0.15) is 48.6 Å². The Kier molecular flexibility index (Phi) is 5.27. The molecule has 37 heavy (non-hydrogen) atoms. The molecule has 0 spiro atoms. The van der Waals surface area contributed by atoms with Crippen molar-refractivity contribution in [3.63, 3.8) is 0 Å². The number of hydrogen-bond acceptors (Lipinski definition) is 6. The smallest absolute Gasteiger partial charge is 0.248 e. The Labute approximate surface area is 221 Å². The van der Waals surface area contributed by atoms with E-state index in [2.05, 4.69) is 48.2 Å². The third-order valence-corrected chi connectivity index (χ3v) is 8.08. The second-order valence-electron chi connectivity index (χ2n) is 10.4. The Balaban J connectivity index is 1.32. The maximum atomic E-state index is 13.7. The van der Waals surface area contributed by atoms with Gasteiger partial charge < -0.3 is 10.2 Å². The highest BCUT2D eigenvalue weighted by molar-refractivity contribution is 9.10. The molecule has 10 nitrogen and oxygen atoms in total. The van der Waals surface area contributed by atoms with Gasteiger partial charge in [0.25, 0.3) is 0 Å². The standard InChI is InChI=1S/C26H26BrN7O3/c1-12-5-6-21(27)30-24(12)31-25(37)19-9-26(4)10-20(26)34(19)22(36)11-33-18-8-17-16(28-14(3)29-17)7-15(18)23(32-33)13(2)35/h5-8,19-20,32H,9-11H2,1-4H3,(H,30,31,37)/t19-,20+,26-/m0/s1. The molecule has 2 amide bonds. The van der Waals surface area contributed by atoms with E-state index in [-0.39, 0.29) is 35.6 Å². The van der Waals surface area contributed by atoms with Crippen molar-refractivity contribution < 1.29 is 14.4 Å². The van der Waals surface area contributed by atoms with E-state index in [0.29, 0.717) is 50.3 Å². The normalized spacial score (nSPS) is 22.5. The highest BCUT2D eigenvalue weighted by atomic mass is 79.9. The molecule has 1 saturated heterocycles. The highest BCUT2D eigenvalue weighted by Crippen LogP contribution is 2.59. The number of anilines is 1. The number of halogens is 1. The SMILES string of the molecule is CC(=O)c1[nH]n(CC(=O)N2[C@H](C(=O)Nc3nc(Br)ccc3C)C[C@@]3(C)C[C@@H]23)c2cc3nc(C)nc3cc12. The molecule has 2 N–H and O–H groups in total. The number of amides is 2. The first kappa shape index (κ1) is 23.8. The molecule has 4 aromatic rings. The average molecular weight is 564 g/mol. The number of piperidine rings is 1. The summed E-state index contributed by atoms with van der Waals surface area (Å²) in [7, 11) is 0. The molecule has 1 aromatic carbocycles. The molecule has 2 aliphatic rings. The first-order chi connectivity index (χ1) is 17.5. The minimum atomic E-state index is -0.596. The van der Waals surface area contributed by atoms with Crippen LogP contribution in [0.3, 0.4) is 0 Å². The van der Waals surface area contributed by atoms with Gasteiger partial charge in [0.2, 0.25) is 11.8 Å². The number of imidazole rings is 1. The Morgan fingerprint density at radius 3 is 2.59 bits per heavy atom. The number of nitrogens with one attached hydrogen (secondary N) is 2. The monoisotopic (exact) mass is 563 g/mol. The first-order valence-corrected chi connectivity index (χ1v) is 13.0. The van der Waals surface area contributed by atoms with Crippen molar-refractivity contribution >= 4 is 61.3 Å². The molecular weight excluding hydrogens is 538 g/mol. The van der Waals surface area contributed by atoms with Gasteiger partial charge in [-0.3, -0.25) is 24.2 Å². The molecule has 0 unspecified atom stereocenters. The van der Waals surface area contributed by atoms with Gasteiger partial charge in [-0.25, -0.2) is 15.0 Å². The van der Waals surface area contributed by atoms with Crippen molar-refractivity contribution in [1.29, 1.82) is 0 Å². The third-order valence-electron chi connectivity index (χ3n) is 7.64. The summed E-state index contributed by atoms with van der Waals surface area (Å²) in [6.07, 6.45) is 1.47. The molecule has 1 aliphatic carbocycles. The van der Waals surface area contributed by atoms with Gasteiger partial charge in [0.1, 0.15) is 34.5 Å². The van der Waals surface area contributed by atoms with Crippen LogP contribution in [0.25, 0.3) is 21.9 Å². The van der Waals surface area contributed by atoms with Gasteiger partial charge in [0.15, 0.2) is 5.78 Å². The van der Waals surface area contributed by atoms with E-state index in [1.807, 2.05) is 38.1 Å². The summed E-state index contributed by atoms with van der Waals surface area (Å²) in [5, 5.41) is 6.72. The zero-order valence-electron chi connectivity index (χ0n) is 20.9. The van der Waals surface area contributed by atoms with E-state index in [1.165, 1.54) is 6.92 Å². The molecule has 6 rings (SSSR count). The molecule has 1 aliphatic heterocycles. The summed E-state index contributed by atoms with van der Waals surface area (Å²) >= 11 is 3.35. The molecule has 3 aromatic heterocycles. The van der Waals surface area contributed by atoms with Gasteiger partial charge >= 0.3 is 0 Å². The number of hydrogen-bond donors (Lipinski definition) is 2. The number of carbonyl (C=O) groups excluding carboxylic acids is 3. The summed E-state index contributed by atoms with van der Waals surface area (Å²) in [5.74, 6) is 0.553. The fraction of sp³-hybridized carbons (Fsp3) is 0.385. The number of likely N-dealkylation sites (tertiary alicyclic amines) is 1. The molecule has 4 heterocycles. The van der Waals surface area contributed by atoms with Gasteiger partial charge in [-0.1, -0.05) is 13.0 Å². The average Bonchev–Trinajstić information content (AvgIpc) is 3.09.